The number of rotatable bonds is 3. The minimum Gasteiger partial charge on any atom is -0.502 e. The van der Waals surface area contributed by atoms with E-state index in [1.165, 1.54) is 28.9 Å². The summed E-state index contributed by atoms with van der Waals surface area (Å²) in [6, 6.07) is 11.2. The molecule has 1 aromatic heterocycles. The van der Waals surface area contributed by atoms with Crippen molar-refractivity contribution in [2.45, 2.75) is 37.3 Å². The normalized spacial score (nSPS) is 20.2. The Labute approximate surface area is 182 Å². The fourth-order valence-corrected chi connectivity index (χ4v) is 5.10. The number of hydrogen-bond acceptors (Lipinski definition) is 4. The smallest absolute Gasteiger partial charge is 0.276 e. The number of aromatic hydroxyl groups is 1. The third-order valence-electron chi connectivity index (χ3n) is 6.43. The summed E-state index contributed by atoms with van der Waals surface area (Å²) in [6.45, 7) is 0.474. The zero-order valence-corrected chi connectivity index (χ0v) is 17.1. The van der Waals surface area contributed by atoms with E-state index >= 15 is 0 Å². The average Bonchev–Trinajstić information content (AvgIpc) is 2.78. The number of nitrogens with zero attached hydrogens (tertiary/aromatic N) is 3. The Kier molecular flexibility index (Phi) is 5.00. The standard InChI is InChI=1S/C24H21F2N3O3/c25-16-7-3-5-14(11-16)20(15-6-4-8-17(26)12-15)21-18-9-1-2-10-28(18)24(32)22-23(31)19(30)13-27-29(21)22/h3-8,11-13,18,20-21,31H,1-2,9-10H2. The molecule has 0 radical (unpaired) electrons. The van der Waals surface area contributed by atoms with Crippen LogP contribution < -0.4 is 5.43 Å². The molecule has 3 heterocycles. The molecule has 6 nitrogen and oxygen atoms in total. The van der Waals surface area contributed by atoms with E-state index in [1.54, 1.807) is 29.2 Å². The molecule has 2 unspecified atom stereocenters. The van der Waals surface area contributed by atoms with Gasteiger partial charge in [0, 0.05) is 12.5 Å². The van der Waals surface area contributed by atoms with Crippen molar-refractivity contribution in [2.75, 3.05) is 6.54 Å². The van der Waals surface area contributed by atoms with Crippen molar-refractivity contribution in [1.29, 1.82) is 0 Å². The van der Waals surface area contributed by atoms with Crippen LogP contribution >= 0.6 is 0 Å². The molecule has 3 aromatic rings. The first-order valence-electron chi connectivity index (χ1n) is 10.6. The van der Waals surface area contributed by atoms with E-state index < -0.39 is 40.7 Å². The Balaban J connectivity index is 1.79. The van der Waals surface area contributed by atoms with Gasteiger partial charge in [0.2, 0.25) is 5.43 Å². The van der Waals surface area contributed by atoms with Crippen molar-refractivity contribution in [3.8, 4) is 5.75 Å². The van der Waals surface area contributed by atoms with Crippen LogP contribution in [0.2, 0.25) is 0 Å². The summed E-state index contributed by atoms with van der Waals surface area (Å²) in [5, 5.41) is 14.7. The Morgan fingerprint density at radius 1 is 1.00 bits per heavy atom. The van der Waals surface area contributed by atoms with Gasteiger partial charge in [-0.05, 0) is 54.7 Å². The average molecular weight is 437 g/mol. The Hall–Kier alpha value is -3.55. The monoisotopic (exact) mass is 437 g/mol. The summed E-state index contributed by atoms with van der Waals surface area (Å²) in [5.41, 5.74) is 0.253. The molecule has 2 aromatic carbocycles. The molecule has 32 heavy (non-hydrogen) atoms. The second kappa shape index (κ2) is 7.85. The van der Waals surface area contributed by atoms with Gasteiger partial charge in [-0.3, -0.25) is 14.3 Å². The van der Waals surface area contributed by atoms with E-state index in [9.17, 15) is 23.5 Å². The van der Waals surface area contributed by atoms with Gasteiger partial charge in [0.15, 0.2) is 11.4 Å². The van der Waals surface area contributed by atoms with Crippen LogP contribution in [0, 0.1) is 11.6 Å². The lowest BCUT2D eigenvalue weighted by Crippen LogP contribution is -2.55. The maximum absolute atomic E-state index is 14.3. The molecule has 1 N–H and O–H groups in total. The van der Waals surface area contributed by atoms with E-state index in [-0.39, 0.29) is 11.7 Å². The summed E-state index contributed by atoms with van der Waals surface area (Å²) < 4.78 is 29.9. The number of carbonyl (C=O) groups excluding carboxylic acids is 1. The minimum absolute atomic E-state index is 0.182. The van der Waals surface area contributed by atoms with Crippen LogP contribution in [0.5, 0.6) is 5.75 Å². The number of fused-ring (bicyclic) bond motifs is 2. The Morgan fingerprint density at radius 2 is 1.66 bits per heavy atom. The first-order valence-corrected chi connectivity index (χ1v) is 10.6. The van der Waals surface area contributed by atoms with E-state index in [0.717, 1.165) is 19.0 Å². The first kappa shape index (κ1) is 20.4. The van der Waals surface area contributed by atoms with Gasteiger partial charge in [0.25, 0.3) is 5.91 Å². The molecular formula is C24H21F2N3O3. The number of piperidine rings is 1. The van der Waals surface area contributed by atoms with Crippen molar-refractivity contribution in [2.24, 2.45) is 0 Å². The molecule has 1 fully saturated rings. The van der Waals surface area contributed by atoms with Crippen LogP contribution in [0.25, 0.3) is 0 Å². The van der Waals surface area contributed by atoms with E-state index in [4.69, 9.17) is 0 Å². The van der Waals surface area contributed by atoms with Crippen LogP contribution in [0.4, 0.5) is 8.78 Å². The summed E-state index contributed by atoms with van der Waals surface area (Å²) >= 11 is 0. The molecule has 164 valence electrons. The predicted molar refractivity (Wildman–Crippen MR) is 113 cm³/mol. The zero-order chi connectivity index (χ0) is 22.4. The lowest BCUT2D eigenvalue weighted by Gasteiger charge is -2.47. The number of halogens is 2. The highest BCUT2D eigenvalue weighted by Gasteiger charge is 2.47. The SMILES string of the molecule is O=C1c2c(O)c(=O)cnn2C(C(c2cccc(F)c2)c2cccc(F)c2)C2CCCCN12. The number of hydrogen-bond donors (Lipinski definition) is 1. The molecule has 0 aliphatic carbocycles. The van der Waals surface area contributed by atoms with Gasteiger partial charge in [0.05, 0.1) is 18.3 Å². The third-order valence-corrected chi connectivity index (χ3v) is 6.43. The molecule has 0 saturated carbocycles. The van der Waals surface area contributed by atoms with Crippen LogP contribution in [-0.2, 0) is 0 Å². The first-order chi connectivity index (χ1) is 15.5. The highest BCUT2D eigenvalue weighted by atomic mass is 19.1. The fraction of sp³-hybridized carbons (Fsp3) is 0.292. The molecule has 2 atom stereocenters. The lowest BCUT2D eigenvalue weighted by atomic mass is 9.77. The molecule has 1 amide bonds. The van der Waals surface area contributed by atoms with E-state index in [2.05, 4.69) is 5.10 Å². The largest absolute Gasteiger partial charge is 0.502 e. The van der Waals surface area contributed by atoms with Gasteiger partial charge in [0.1, 0.15) is 11.6 Å². The molecule has 2 aliphatic rings. The molecule has 1 saturated heterocycles. The van der Waals surface area contributed by atoms with Crippen molar-refractivity contribution >= 4 is 5.91 Å². The second-order valence-corrected chi connectivity index (χ2v) is 8.29. The Bertz CT molecular complexity index is 1210. The van der Waals surface area contributed by atoms with Crippen molar-refractivity contribution in [3.05, 3.63) is 93.4 Å². The van der Waals surface area contributed by atoms with Crippen molar-refractivity contribution in [3.63, 3.8) is 0 Å². The van der Waals surface area contributed by atoms with Gasteiger partial charge < -0.3 is 10.0 Å². The fourth-order valence-electron chi connectivity index (χ4n) is 5.10. The number of carbonyl (C=O) groups is 1. The number of amides is 1. The summed E-state index contributed by atoms with van der Waals surface area (Å²) in [5.74, 6) is -2.56. The maximum Gasteiger partial charge on any atom is 0.276 e. The van der Waals surface area contributed by atoms with Crippen LogP contribution in [0.3, 0.4) is 0 Å². The third kappa shape index (κ3) is 3.26. The summed E-state index contributed by atoms with van der Waals surface area (Å²) in [4.78, 5) is 27.0. The molecule has 8 heteroatoms. The van der Waals surface area contributed by atoms with Crippen molar-refractivity contribution < 1.29 is 18.7 Å². The molecule has 0 spiro atoms. The molecule has 2 aliphatic heterocycles. The van der Waals surface area contributed by atoms with Gasteiger partial charge >= 0.3 is 0 Å². The number of aromatic nitrogens is 2. The van der Waals surface area contributed by atoms with Crippen LogP contribution in [0.1, 0.15) is 52.8 Å². The van der Waals surface area contributed by atoms with E-state index in [0.29, 0.717) is 24.1 Å². The maximum atomic E-state index is 14.3. The highest BCUT2D eigenvalue weighted by molar-refractivity contribution is 5.96. The van der Waals surface area contributed by atoms with Crippen molar-refractivity contribution in [1.82, 2.24) is 14.7 Å². The predicted octanol–water partition coefficient (Wildman–Crippen LogP) is 3.61. The topological polar surface area (TPSA) is 75.4 Å². The van der Waals surface area contributed by atoms with Gasteiger partial charge in [-0.1, -0.05) is 24.3 Å². The second-order valence-electron chi connectivity index (χ2n) is 8.29. The molecule has 5 rings (SSSR count). The Morgan fingerprint density at radius 3 is 2.28 bits per heavy atom. The van der Waals surface area contributed by atoms with Gasteiger partial charge in [-0.15, -0.1) is 0 Å². The quantitative estimate of drug-likeness (QED) is 0.679. The van der Waals surface area contributed by atoms with Gasteiger partial charge in [-0.25, -0.2) is 8.78 Å². The summed E-state index contributed by atoms with van der Waals surface area (Å²) in [7, 11) is 0. The zero-order valence-electron chi connectivity index (χ0n) is 17.1. The number of benzene rings is 2. The molecular weight excluding hydrogens is 416 g/mol. The molecule has 0 bridgehead atoms. The van der Waals surface area contributed by atoms with E-state index in [1.807, 2.05) is 0 Å². The summed E-state index contributed by atoms with van der Waals surface area (Å²) in [6.07, 6.45) is 3.33. The minimum atomic E-state index is -0.744. The van der Waals surface area contributed by atoms with Gasteiger partial charge in [-0.2, -0.15) is 5.10 Å². The van der Waals surface area contributed by atoms with Crippen LogP contribution in [0.15, 0.2) is 59.5 Å². The lowest BCUT2D eigenvalue weighted by molar-refractivity contribution is 0.0355. The van der Waals surface area contributed by atoms with Crippen LogP contribution in [-0.4, -0.2) is 38.3 Å². The highest BCUT2D eigenvalue weighted by Crippen LogP contribution is 2.45.